The van der Waals surface area contributed by atoms with Crippen LogP contribution in [0.25, 0.3) is 73.1 Å². The van der Waals surface area contributed by atoms with Gasteiger partial charge in [0.1, 0.15) is 11.2 Å². The molecule has 0 spiro atoms. The molecule has 0 aliphatic carbocycles. The Morgan fingerprint density at radius 1 is 0.386 bits per heavy atom. The second-order valence-electron chi connectivity index (χ2n) is 11.3. The van der Waals surface area contributed by atoms with Crippen LogP contribution < -0.4 is 4.90 Å². The zero-order chi connectivity index (χ0) is 28.8. The van der Waals surface area contributed by atoms with Crippen LogP contribution >= 0.6 is 22.7 Å². The van der Waals surface area contributed by atoms with E-state index in [2.05, 4.69) is 138 Å². The van der Waals surface area contributed by atoms with Crippen molar-refractivity contribution < 1.29 is 4.42 Å². The smallest absolute Gasteiger partial charge is 0.136 e. The Morgan fingerprint density at radius 3 is 1.86 bits per heavy atom. The van der Waals surface area contributed by atoms with E-state index in [-0.39, 0.29) is 0 Å². The van der Waals surface area contributed by atoms with Crippen LogP contribution in [0.2, 0.25) is 0 Å². The van der Waals surface area contributed by atoms with Crippen molar-refractivity contribution in [3.8, 4) is 0 Å². The fraction of sp³-hybridized carbons (Fsp3) is 0. The number of benzene rings is 7. The normalized spacial score (nSPS) is 12.1. The van der Waals surface area contributed by atoms with Crippen molar-refractivity contribution in [2.45, 2.75) is 0 Å². The minimum Gasteiger partial charge on any atom is -0.456 e. The average Bonchev–Trinajstić information content (AvgIpc) is 3.75. The Kier molecular flexibility index (Phi) is 5.06. The van der Waals surface area contributed by atoms with Gasteiger partial charge in [-0.3, -0.25) is 0 Å². The molecule has 0 atom stereocenters. The molecule has 0 unspecified atom stereocenters. The van der Waals surface area contributed by atoms with E-state index in [1.165, 1.54) is 56.5 Å². The number of anilines is 3. The second kappa shape index (κ2) is 9.17. The Bertz CT molecular complexity index is 2750. The maximum atomic E-state index is 6.28. The summed E-state index contributed by atoms with van der Waals surface area (Å²) >= 11 is 3.72. The SMILES string of the molecule is c1ccc2c(c1)oc1ccc3c(N(c4ccc5c(c4)sc4ccccc45)c4ccc5sc6ccccc6c5c4)cccc3c12. The Morgan fingerprint density at radius 2 is 1.00 bits per heavy atom. The van der Waals surface area contributed by atoms with Crippen LogP contribution in [0.1, 0.15) is 0 Å². The van der Waals surface area contributed by atoms with Gasteiger partial charge in [0.25, 0.3) is 0 Å². The molecule has 0 saturated carbocycles. The highest BCUT2D eigenvalue weighted by Crippen LogP contribution is 2.46. The largest absolute Gasteiger partial charge is 0.456 e. The van der Waals surface area contributed by atoms with Gasteiger partial charge in [-0.25, -0.2) is 0 Å². The molecule has 0 aliphatic rings. The molecule has 2 nitrogen and oxygen atoms in total. The lowest BCUT2D eigenvalue weighted by Gasteiger charge is -2.27. The van der Waals surface area contributed by atoms with Gasteiger partial charge >= 0.3 is 0 Å². The third kappa shape index (κ3) is 3.47. The highest BCUT2D eigenvalue weighted by Gasteiger charge is 2.20. The molecule has 10 rings (SSSR count). The van der Waals surface area contributed by atoms with Crippen LogP contribution in [-0.4, -0.2) is 0 Å². The summed E-state index contributed by atoms with van der Waals surface area (Å²) in [7, 11) is 0. The van der Waals surface area contributed by atoms with Crippen LogP contribution in [0.4, 0.5) is 17.1 Å². The fourth-order valence-corrected chi connectivity index (χ4v) is 9.12. The van der Waals surface area contributed by atoms with Crippen molar-refractivity contribution in [1.29, 1.82) is 0 Å². The van der Waals surface area contributed by atoms with Crippen LogP contribution in [-0.2, 0) is 0 Å². The predicted octanol–water partition coefficient (Wildman–Crippen LogP) is 12.9. The molecule has 206 valence electrons. The minimum atomic E-state index is 0.917. The molecule has 44 heavy (non-hydrogen) atoms. The molecule has 4 heteroatoms. The predicted molar refractivity (Wildman–Crippen MR) is 192 cm³/mol. The van der Waals surface area contributed by atoms with E-state index >= 15 is 0 Å². The minimum absolute atomic E-state index is 0.917. The molecule has 10 aromatic rings. The molecule has 0 amide bonds. The van der Waals surface area contributed by atoms with E-state index in [0.29, 0.717) is 0 Å². The Hall–Kier alpha value is -5.16. The van der Waals surface area contributed by atoms with Gasteiger partial charge in [0.05, 0.1) is 5.69 Å². The molecular formula is C40H23NOS2. The number of para-hydroxylation sites is 1. The lowest BCUT2D eigenvalue weighted by molar-refractivity contribution is 0.669. The monoisotopic (exact) mass is 597 g/mol. The van der Waals surface area contributed by atoms with E-state index in [1.807, 2.05) is 28.7 Å². The summed E-state index contributed by atoms with van der Waals surface area (Å²) in [6.45, 7) is 0. The maximum absolute atomic E-state index is 6.28. The molecule has 3 aromatic heterocycles. The average molecular weight is 598 g/mol. The first-order valence-corrected chi connectivity index (χ1v) is 16.4. The highest BCUT2D eigenvalue weighted by molar-refractivity contribution is 7.26. The van der Waals surface area contributed by atoms with Gasteiger partial charge in [-0.2, -0.15) is 0 Å². The van der Waals surface area contributed by atoms with Crippen LogP contribution in [0.15, 0.2) is 144 Å². The summed E-state index contributed by atoms with van der Waals surface area (Å²) in [5, 5.41) is 9.92. The lowest BCUT2D eigenvalue weighted by Crippen LogP contribution is -2.10. The van der Waals surface area contributed by atoms with Crippen molar-refractivity contribution in [2.24, 2.45) is 0 Å². The van der Waals surface area contributed by atoms with Crippen molar-refractivity contribution in [1.82, 2.24) is 0 Å². The van der Waals surface area contributed by atoms with Gasteiger partial charge in [-0.05, 0) is 72.1 Å². The molecule has 0 aliphatic heterocycles. The summed E-state index contributed by atoms with van der Waals surface area (Å²) in [4.78, 5) is 2.44. The third-order valence-corrected chi connectivity index (χ3v) is 11.1. The standard InChI is InChI=1S/C40H23NOS2/c1-4-13-34-31(10-1)40-30-11-7-12-33(26(30)19-20-35(40)42-34)41(24-17-21-38-32(22-24)28-9-3-6-15-37(28)43-38)25-16-18-29-27-8-2-5-14-36(27)44-39(29)23-25/h1-23H. The van der Waals surface area contributed by atoms with Crippen molar-refractivity contribution in [3.63, 3.8) is 0 Å². The Labute approximate surface area is 260 Å². The maximum Gasteiger partial charge on any atom is 0.136 e. The topological polar surface area (TPSA) is 16.4 Å². The van der Waals surface area contributed by atoms with Gasteiger partial charge in [-0.1, -0.05) is 72.8 Å². The zero-order valence-electron chi connectivity index (χ0n) is 23.5. The molecule has 0 fully saturated rings. The summed E-state index contributed by atoms with van der Waals surface area (Å²) in [6, 6.07) is 50.7. The number of nitrogens with zero attached hydrogens (tertiary/aromatic N) is 1. The number of thiophene rings is 2. The Balaban J connectivity index is 1.28. The first-order valence-electron chi connectivity index (χ1n) is 14.8. The summed E-state index contributed by atoms with van der Waals surface area (Å²) in [5.74, 6) is 0. The van der Waals surface area contributed by atoms with E-state index in [4.69, 9.17) is 4.42 Å². The van der Waals surface area contributed by atoms with E-state index in [1.54, 1.807) is 0 Å². The molecule has 0 N–H and O–H groups in total. The van der Waals surface area contributed by atoms with Crippen molar-refractivity contribution in [3.05, 3.63) is 140 Å². The summed E-state index contributed by atoms with van der Waals surface area (Å²) < 4.78 is 11.5. The molecule has 7 aromatic carbocycles. The first-order chi connectivity index (χ1) is 21.8. The highest BCUT2D eigenvalue weighted by atomic mass is 32.1. The van der Waals surface area contributed by atoms with Crippen LogP contribution in [0, 0.1) is 0 Å². The first kappa shape index (κ1) is 24.3. The van der Waals surface area contributed by atoms with Crippen LogP contribution in [0.3, 0.4) is 0 Å². The van der Waals surface area contributed by atoms with E-state index < -0.39 is 0 Å². The van der Waals surface area contributed by atoms with Gasteiger partial charge in [0.2, 0.25) is 0 Å². The molecule has 0 bridgehead atoms. The zero-order valence-corrected chi connectivity index (χ0v) is 25.1. The van der Waals surface area contributed by atoms with Crippen molar-refractivity contribution in [2.75, 3.05) is 4.90 Å². The molecular weight excluding hydrogens is 575 g/mol. The van der Waals surface area contributed by atoms with Gasteiger partial charge in [0.15, 0.2) is 0 Å². The van der Waals surface area contributed by atoms with Gasteiger partial charge in [0, 0.05) is 67.9 Å². The van der Waals surface area contributed by atoms with Gasteiger partial charge in [-0.15, -0.1) is 22.7 Å². The number of hydrogen-bond acceptors (Lipinski definition) is 4. The second-order valence-corrected chi connectivity index (χ2v) is 13.5. The summed E-state index contributed by atoms with van der Waals surface area (Å²) in [5.41, 5.74) is 5.27. The third-order valence-electron chi connectivity index (χ3n) is 8.86. The number of rotatable bonds is 3. The number of fused-ring (bicyclic) bond motifs is 11. The molecule has 0 saturated heterocycles. The quantitative estimate of drug-likeness (QED) is 0.201. The lowest BCUT2D eigenvalue weighted by atomic mass is 10.0. The van der Waals surface area contributed by atoms with Gasteiger partial charge < -0.3 is 9.32 Å². The van der Waals surface area contributed by atoms with E-state index in [9.17, 15) is 0 Å². The molecule has 3 heterocycles. The van der Waals surface area contributed by atoms with E-state index in [0.717, 1.165) is 33.6 Å². The van der Waals surface area contributed by atoms with Crippen LogP contribution in [0.5, 0.6) is 0 Å². The van der Waals surface area contributed by atoms with Crippen molar-refractivity contribution >= 4 is 113 Å². The fourth-order valence-electron chi connectivity index (χ4n) is 6.89. The summed E-state index contributed by atoms with van der Waals surface area (Å²) in [6.07, 6.45) is 0. The molecule has 0 radical (unpaired) electrons. The number of hydrogen-bond donors (Lipinski definition) is 0. The number of furan rings is 1.